The second-order valence-corrected chi connectivity index (χ2v) is 18.7. The lowest BCUT2D eigenvalue weighted by Crippen LogP contribution is -2.01. The second-order valence-electron chi connectivity index (χ2n) is 14.2. The summed E-state index contributed by atoms with van der Waals surface area (Å²) in [5, 5.41) is 5.50. The summed E-state index contributed by atoms with van der Waals surface area (Å²) in [7, 11) is 0. The van der Waals surface area contributed by atoms with Gasteiger partial charge in [-0.2, -0.15) is 0 Å². The number of hydrogen-bond acceptors (Lipinski definition) is 6. The average molecular weight is 775 g/mol. The molecule has 0 aliphatic carbocycles. The molecule has 0 radical (unpaired) electrons. The molecule has 266 valence electrons. The van der Waals surface area contributed by atoms with Crippen molar-refractivity contribution in [2.24, 2.45) is 0 Å². The number of unbranched alkanes of at least 4 members (excludes halogenated alkanes) is 6. The maximum Gasteiger partial charge on any atom is 0.195 e. The number of benzene rings is 3. The van der Waals surface area contributed by atoms with Crippen LogP contribution in [0.1, 0.15) is 95.8 Å². The molecule has 0 amide bonds. The number of rotatable bonds is 10. The van der Waals surface area contributed by atoms with Gasteiger partial charge >= 0.3 is 0 Å². The van der Waals surface area contributed by atoms with Crippen molar-refractivity contribution >= 4 is 107 Å². The molecule has 0 saturated heterocycles. The minimum Gasteiger partial charge on any atom is -0.289 e. The molecule has 0 spiro atoms. The Kier molecular flexibility index (Phi) is 9.72. The highest BCUT2D eigenvalue weighted by Gasteiger charge is 2.25. The predicted molar refractivity (Wildman–Crippen MR) is 238 cm³/mol. The van der Waals surface area contributed by atoms with Crippen molar-refractivity contribution < 1.29 is 0 Å². The standard InChI is InChI=1S/C48H38O2S4/c1-3-5-7-9-15-29-25-39-41(51-29)27-31(53-39)21-23-37-43-33-17-11-13-19-35(33)48(50)46(43)38(44-34-18-12-14-20-36(34)47(49)45(37)44)24-22-32-28-42-40(54-32)26-30(52-42)16-10-8-6-4-2/h11-14,17-20,25-28H,3-10,15-16H2,1-2H3. The number of fused-ring (bicyclic) bond motifs is 8. The van der Waals surface area contributed by atoms with E-state index in [0.29, 0.717) is 32.7 Å². The molecule has 2 nitrogen and oxygen atoms in total. The zero-order chi connectivity index (χ0) is 36.8. The van der Waals surface area contributed by atoms with Crippen molar-refractivity contribution in [3.8, 4) is 23.7 Å². The zero-order valence-corrected chi connectivity index (χ0v) is 33.7. The molecule has 0 fully saturated rings. The van der Waals surface area contributed by atoms with Crippen LogP contribution in [0.15, 0.2) is 82.4 Å². The maximum absolute atomic E-state index is 14.4. The minimum absolute atomic E-state index is 0.0597. The summed E-state index contributed by atoms with van der Waals surface area (Å²) < 4.78 is 5.04. The van der Waals surface area contributed by atoms with Gasteiger partial charge in [0, 0.05) is 72.0 Å². The number of hydrogen-bond donors (Lipinski definition) is 0. The summed E-state index contributed by atoms with van der Waals surface area (Å²) in [6.07, 6.45) is 12.3. The summed E-state index contributed by atoms with van der Waals surface area (Å²) in [6, 6.07) is 24.5. The Bertz CT molecular complexity index is 2820. The highest BCUT2D eigenvalue weighted by molar-refractivity contribution is 7.28. The molecule has 0 unspecified atom stereocenters. The molecule has 5 aromatic carbocycles. The van der Waals surface area contributed by atoms with E-state index in [-0.39, 0.29) is 10.9 Å². The van der Waals surface area contributed by atoms with Crippen LogP contribution in [0.3, 0.4) is 0 Å². The van der Waals surface area contributed by atoms with E-state index in [0.717, 1.165) is 44.1 Å². The fourth-order valence-electron chi connectivity index (χ4n) is 7.90. The molecule has 0 aliphatic heterocycles. The Balaban J connectivity index is 1.20. The molecule has 0 atom stereocenters. The highest BCUT2D eigenvalue weighted by atomic mass is 32.1. The van der Waals surface area contributed by atoms with E-state index in [4.69, 9.17) is 0 Å². The van der Waals surface area contributed by atoms with Gasteiger partial charge in [-0.3, -0.25) is 9.59 Å². The van der Waals surface area contributed by atoms with Gasteiger partial charge in [0.2, 0.25) is 0 Å². The normalized spacial score (nSPS) is 11.7. The molecule has 0 aliphatic rings. The summed E-state index contributed by atoms with van der Waals surface area (Å²) in [5.41, 5.74) is 1.13. The van der Waals surface area contributed by atoms with Gasteiger partial charge in [-0.1, -0.05) is 125 Å². The van der Waals surface area contributed by atoms with Gasteiger partial charge in [0.1, 0.15) is 0 Å². The van der Waals surface area contributed by atoms with Crippen LogP contribution in [0.4, 0.5) is 0 Å². The van der Waals surface area contributed by atoms with Gasteiger partial charge in [0.15, 0.2) is 10.9 Å². The molecule has 4 aromatic heterocycles. The average Bonchev–Trinajstić information content (AvgIpc) is 4.02. The van der Waals surface area contributed by atoms with Gasteiger partial charge < -0.3 is 0 Å². The monoisotopic (exact) mass is 774 g/mol. The van der Waals surface area contributed by atoms with Gasteiger partial charge in [-0.15, -0.1) is 45.3 Å². The SMILES string of the molecule is CCCCCCc1cc2sc(C#Cc3c4c(=O)c5ccccc5c4c(C#Cc4cc5sc(CCCCCC)cc5s4)c4c(=O)c5ccccc5c34)cc2s1. The lowest BCUT2D eigenvalue weighted by atomic mass is 9.95. The molecule has 54 heavy (non-hydrogen) atoms. The third-order valence-corrected chi connectivity index (χ3v) is 15.1. The Hall–Kier alpha value is -4.56. The summed E-state index contributed by atoms with van der Waals surface area (Å²) in [5.74, 6) is 13.9. The van der Waals surface area contributed by atoms with E-state index >= 15 is 0 Å². The van der Waals surface area contributed by atoms with Crippen molar-refractivity contribution in [2.75, 3.05) is 0 Å². The molecule has 9 aromatic rings. The van der Waals surface area contributed by atoms with Crippen LogP contribution in [-0.4, -0.2) is 0 Å². The van der Waals surface area contributed by atoms with Crippen LogP contribution >= 0.6 is 45.3 Å². The lowest BCUT2D eigenvalue weighted by molar-refractivity contribution is 0.670. The van der Waals surface area contributed by atoms with Gasteiger partial charge in [0.25, 0.3) is 0 Å². The minimum atomic E-state index is -0.0597. The van der Waals surface area contributed by atoms with Crippen LogP contribution in [0.25, 0.3) is 61.9 Å². The van der Waals surface area contributed by atoms with E-state index in [1.807, 2.05) is 71.2 Å². The second kappa shape index (κ2) is 14.9. The van der Waals surface area contributed by atoms with Crippen LogP contribution in [0, 0.1) is 23.7 Å². The van der Waals surface area contributed by atoms with Crippen molar-refractivity contribution in [3.63, 3.8) is 0 Å². The van der Waals surface area contributed by atoms with Crippen LogP contribution in [-0.2, 0) is 12.8 Å². The van der Waals surface area contributed by atoms with Crippen molar-refractivity contribution in [1.82, 2.24) is 0 Å². The third kappa shape index (κ3) is 6.30. The molecule has 4 heterocycles. The van der Waals surface area contributed by atoms with E-state index < -0.39 is 0 Å². The first-order valence-corrected chi connectivity index (χ1v) is 22.4. The zero-order valence-electron chi connectivity index (χ0n) is 30.4. The van der Waals surface area contributed by atoms with E-state index in [1.54, 1.807) is 22.7 Å². The van der Waals surface area contributed by atoms with Gasteiger partial charge in [-0.05, 0) is 60.7 Å². The molecule has 0 N–H and O–H groups in total. The summed E-state index contributed by atoms with van der Waals surface area (Å²) in [4.78, 5) is 33.7. The fourth-order valence-corrected chi connectivity index (χ4v) is 12.5. The molecule has 9 rings (SSSR count). The highest BCUT2D eigenvalue weighted by Crippen LogP contribution is 2.40. The Morgan fingerprint density at radius 1 is 0.444 bits per heavy atom. The summed E-state index contributed by atoms with van der Waals surface area (Å²) in [6.45, 7) is 4.50. The molecule has 0 bridgehead atoms. The van der Waals surface area contributed by atoms with E-state index in [1.165, 1.54) is 79.9 Å². The van der Waals surface area contributed by atoms with Crippen molar-refractivity contribution in [2.45, 2.75) is 78.1 Å². The molecule has 6 heteroatoms. The quantitative estimate of drug-likeness (QED) is 0.102. The number of thiophene rings is 4. The first-order chi connectivity index (χ1) is 26.5. The molecule has 0 saturated carbocycles. The largest absolute Gasteiger partial charge is 0.289 e. The van der Waals surface area contributed by atoms with E-state index in [2.05, 4.69) is 61.8 Å². The topological polar surface area (TPSA) is 34.1 Å². The fraction of sp³-hybridized carbons (Fsp3) is 0.250. The first-order valence-electron chi connectivity index (χ1n) is 19.1. The van der Waals surface area contributed by atoms with E-state index in [9.17, 15) is 9.59 Å². The lowest BCUT2D eigenvalue weighted by Gasteiger charge is -2.05. The predicted octanol–water partition coefficient (Wildman–Crippen LogP) is 13.5. The third-order valence-electron chi connectivity index (χ3n) is 10.5. The van der Waals surface area contributed by atoms with Crippen molar-refractivity contribution in [3.05, 3.63) is 124 Å². The molecular formula is C48H38O2S4. The van der Waals surface area contributed by atoms with Gasteiger partial charge in [0.05, 0.1) is 9.75 Å². The maximum atomic E-state index is 14.4. The van der Waals surface area contributed by atoms with Crippen LogP contribution in [0.5, 0.6) is 0 Å². The number of aryl methyl sites for hydroxylation is 2. The van der Waals surface area contributed by atoms with Crippen molar-refractivity contribution in [1.29, 1.82) is 0 Å². The van der Waals surface area contributed by atoms with Gasteiger partial charge in [-0.25, -0.2) is 0 Å². The molecular weight excluding hydrogens is 737 g/mol. The van der Waals surface area contributed by atoms with Crippen LogP contribution in [0.2, 0.25) is 0 Å². The Labute approximate surface area is 330 Å². The Morgan fingerprint density at radius 2 is 0.852 bits per heavy atom. The van der Waals surface area contributed by atoms with Crippen LogP contribution < -0.4 is 10.9 Å². The summed E-state index contributed by atoms with van der Waals surface area (Å²) >= 11 is 7.14. The Morgan fingerprint density at radius 3 is 1.26 bits per heavy atom. The first kappa shape index (κ1) is 35.2. The smallest absolute Gasteiger partial charge is 0.195 e.